The number of nitrogens with zero attached hydrogens (tertiary/aromatic N) is 2. The Bertz CT molecular complexity index is 1490. The van der Waals surface area contributed by atoms with Crippen molar-refractivity contribution in [2.24, 2.45) is 0 Å². The van der Waals surface area contributed by atoms with Gasteiger partial charge in [-0.25, -0.2) is 4.79 Å². The van der Waals surface area contributed by atoms with E-state index in [0.717, 1.165) is 17.3 Å². The summed E-state index contributed by atoms with van der Waals surface area (Å²) < 4.78 is 5.36. The van der Waals surface area contributed by atoms with E-state index in [4.69, 9.17) is 4.74 Å². The molecule has 1 amide bonds. The number of carbonyl (C=O) groups excluding carboxylic acids is 4. The minimum Gasteiger partial charge on any atom is -0.449 e. The first kappa shape index (κ1) is 23.1. The molecule has 0 saturated heterocycles. The van der Waals surface area contributed by atoms with Crippen LogP contribution in [0.5, 0.6) is 0 Å². The summed E-state index contributed by atoms with van der Waals surface area (Å²) in [6.45, 7) is 3.27. The van der Waals surface area contributed by atoms with Crippen LogP contribution in [0.15, 0.2) is 60.7 Å². The van der Waals surface area contributed by atoms with Crippen molar-refractivity contribution in [3.63, 3.8) is 0 Å². The van der Waals surface area contributed by atoms with Gasteiger partial charge in [-0.1, -0.05) is 42.5 Å². The third kappa shape index (κ3) is 3.48. The fraction of sp³-hybridized carbons (Fsp3) is 0.185. The highest BCUT2D eigenvalue weighted by Gasteiger charge is 2.40. The van der Waals surface area contributed by atoms with E-state index in [2.05, 4.69) is 0 Å². The molecule has 0 spiro atoms. The van der Waals surface area contributed by atoms with Gasteiger partial charge in [-0.2, -0.15) is 0 Å². The molecule has 1 aliphatic carbocycles. The quantitative estimate of drug-likeness (QED) is 0.244. The number of nitro groups is 1. The van der Waals surface area contributed by atoms with E-state index in [9.17, 15) is 29.3 Å². The number of para-hydroxylation sites is 1. The van der Waals surface area contributed by atoms with Gasteiger partial charge >= 0.3 is 5.97 Å². The lowest BCUT2D eigenvalue weighted by molar-refractivity contribution is -0.385. The Kier molecular flexibility index (Phi) is 5.47. The Morgan fingerprint density at radius 3 is 2.31 bits per heavy atom. The average Bonchev–Trinajstić information content (AvgIpc) is 3.21. The smallest absolute Gasteiger partial charge is 0.345 e. The molecule has 2 atom stereocenters. The molecular weight excluding hydrogens is 464 g/mol. The number of esters is 1. The summed E-state index contributed by atoms with van der Waals surface area (Å²) >= 11 is 0. The topological polar surface area (TPSA) is 124 Å². The molecule has 0 fully saturated rings. The summed E-state index contributed by atoms with van der Waals surface area (Å²) in [6, 6.07) is 15.6. The molecule has 0 unspecified atom stereocenters. The van der Waals surface area contributed by atoms with E-state index in [0.29, 0.717) is 6.42 Å². The molecule has 9 nitrogen and oxygen atoms in total. The zero-order valence-corrected chi connectivity index (χ0v) is 19.4. The maximum atomic E-state index is 13.2. The predicted octanol–water partition coefficient (Wildman–Crippen LogP) is 3.89. The Morgan fingerprint density at radius 1 is 0.972 bits per heavy atom. The van der Waals surface area contributed by atoms with Crippen LogP contribution < -0.4 is 4.90 Å². The van der Waals surface area contributed by atoms with Gasteiger partial charge in [-0.3, -0.25) is 24.5 Å². The summed E-state index contributed by atoms with van der Waals surface area (Å²) in [5.41, 5.74) is -0.0645. The molecule has 0 N–H and O–H groups in total. The monoisotopic (exact) mass is 484 g/mol. The van der Waals surface area contributed by atoms with Gasteiger partial charge in [0.05, 0.1) is 4.92 Å². The van der Waals surface area contributed by atoms with Gasteiger partial charge in [0.1, 0.15) is 11.1 Å². The molecule has 3 aromatic carbocycles. The molecule has 3 aromatic rings. The standard InChI is InChI=1S/C27H20N2O7/c1-14-13-16-7-3-6-10-21(16)28(14)26(32)15(2)36-27(33)20-12-11-19-22(23(20)29(34)35)25(31)18-9-5-4-8-17(18)24(19)30/h3-12,14-15H,13H2,1-2H3/t14-,15-/m1/s1. The van der Waals surface area contributed by atoms with Crippen molar-refractivity contribution in [2.45, 2.75) is 32.4 Å². The molecule has 0 radical (unpaired) electrons. The van der Waals surface area contributed by atoms with Gasteiger partial charge < -0.3 is 9.64 Å². The van der Waals surface area contributed by atoms with E-state index in [1.54, 1.807) is 29.2 Å². The number of anilines is 1. The Labute approximate surface area is 205 Å². The van der Waals surface area contributed by atoms with Crippen molar-refractivity contribution in [2.75, 3.05) is 4.90 Å². The van der Waals surface area contributed by atoms with Gasteiger partial charge in [0.25, 0.3) is 11.6 Å². The number of carbonyl (C=O) groups is 4. The number of ketones is 2. The molecule has 2 aliphatic rings. The van der Waals surface area contributed by atoms with Crippen molar-refractivity contribution in [3.05, 3.63) is 104 Å². The maximum Gasteiger partial charge on any atom is 0.345 e. The van der Waals surface area contributed by atoms with E-state index >= 15 is 0 Å². The molecule has 1 heterocycles. The first-order valence-electron chi connectivity index (χ1n) is 11.3. The Balaban J connectivity index is 1.48. The van der Waals surface area contributed by atoms with E-state index in [1.807, 2.05) is 19.1 Å². The van der Waals surface area contributed by atoms with Crippen LogP contribution >= 0.6 is 0 Å². The Morgan fingerprint density at radius 2 is 1.61 bits per heavy atom. The predicted molar refractivity (Wildman–Crippen MR) is 128 cm³/mol. The molecule has 1 aliphatic heterocycles. The second-order valence-corrected chi connectivity index (χ2v) is 8.78. The second kappa shape index (κ2) is 8.53. The minimum absolute atomic E-state index is 0.0221. The maximum absolute atomic E-state index is 13.2. The van der Waals surface area contributed by atoms with Crippen LogP contribution in [0.2, 0.25) is 0 Å². The first-order valence-corrected chi connectivity index (χ1v) is 11.3. The van der Waals surface area contributed by atoms with Crippen LogP contribution in [0.1, 0.15) is 61.6 Å². The summed E-state index contributed by atoms with van der Waals surface area (Å²) in [4.78, 5) is 65.0. The van der Waals surface area contributed by atoms with Crippen molar-refractivity contribution in [1.82, 2.24) is 0 Å². The lowest BCUT2D eigenvalue weighted by Gasteiger charge is -2.26. The lowest BCUT2D eigenvalue weighted by Crippen LogP contribution is -2.43. The summed E-state index contributed by atoms with van der Waals surface area (Å²) in [5.74, 6) is -2.88. The van der Waals surface area contributed by atoms with Crippen molar-refractivity contribution < 1.29 is 28.8 Å². The van der Waals surface area contributed by atoms with Crippen LogP contribution in [0.3, 0.4) is 0 Å². The number of rotatable bonds is 4. The molecule has 0 saturated carbocycles. The van der Waals surface area contributed by atoms with Crippen LogP contribution in [0.25, 0.3) is 0 Å². The molecule has 180 valence electrons. The van der Waals surface area contributed by atoms with Gasteiger partial charge in [-0.05, 0) is 44.0 Å². The van der Waals surface area contributed by atoms with E-state index in [-0.39, 0.29) is 22.7 Å². The zero-order chi connectivity index (χ0) is 25.7. The van der Waals surface area contributed by atoms with Crippen molar-refractivity contribution in [3.8, 4) is 0 Å². The number of hydrogen-bond donors (Lipinski definition) is 0. The third-order valence-corrected chi connectivity index (χ3v) is 6.54. The first-order chi connectivity index (χ1) is 17.2. The number of hydrogen-bond acceptors (Lipinski definition) is 7. The summed E-state index contributed by atoms with van der Waals surface area (Å²) in [6.07, 6.45) is -0.601. The number of ether oxygens (including phenoxy) is 1. The van der Waals surface area contributed by atoms with Crippen LogP contribution in [0.4, 0.5) is 11.4 Å². The number of benzene rings is 3. The van der Waals surface area contributed by atoms with Crippen LogP contribution in [-0.4, -0.2) is 40.5 Å². The Hall–Kier alpha value is -4.66. The summed E-state index contributed by atoms with van der Waals surface area (Å²) in [7, 11) is 0. The van der Waals surface area contributed by atoms with Crippen molar-refractivity contribution >= 4 is 34.8 Å². The highest BCUT2D eigenvalue weighted by atomic mass is 16.6. The molecule has 9 heteroatoms. The second-order valence-electron chi connectivity index (χ2n) is 8.78. The minimum atomic E-state index is -1.25. The SMILES string of the molecule is C[C@@H]1Cc2ccccc2N1C(=O)[C@@H](C)OC(=O)c1ccc2c(c1[N+](=O)[O-])C(=O)c1ccccc1C2=O. The van der Waals surface area contributed by atoms with E-state index < -0.39 is 51.3 Å². The molecule has 0 aromatic heterocycles. The normalized spacial score (nSPS) is 16.6. The van der Waals surface area contributed by atoms with Gasteiger partial charge in [-0.15, -0.1) is 0 Å². The third-order valence-electron chi connectivity index (χ3n) is 6.54. The number of nitro benzene ring substituents is 1. The molecular formula is C27H20N2O7. The zero-order valence-electron chi connectivity index (χ0n) is 19.4. The highest BCUT2D eigenvalue weighted by Crippen LogP contribution is 2.36. The van der Waals surface area contributed by atoms with E-state index in [1.165, 1.54) is 25.1 Å². The molecule has 36 heavy (non-hydrogen) atoms. The fourth-order valence-electron chi connectivity index (χ4n) is 4.90. The largest absolute Gasteiger partial charge is 0.449 e. The highest BCUT2D eigenvalue weighted by molar-refractivity contribution is 6.30. The average molecular weight is 484 g/mol. The number of amides is 1. The fourth-order valence-corrected chi connectivity index (χ4v) is 4.90. The van der Waals surface area contributed by atoms with Crippen molar-refractivity contribution in [1.29, 1.82) is 0 Å². The summed E-state index contributed by atoms with van der Waals surface area (Å²) in [5, 5.41) is 12.0. The van der Waals surface area contributed by atoms with Crippen LogP contribution in [-0.2, 0) is 16.0 Å². The van der Waals surface area contributed by atoms with Gasteiger partial charge in [0.2, 0.25) is 5.78 Å². The van der Waals surface area contributed by atoms with Gasteiger partial charge in [0, 0.05) is 28.4 Å². The molecule has 0 bridgehead atoms. The lowest BCUT2D eigenvalue weighted by atomic mass is 9.82. The number of fused-ring (bicyclic) bond motifs is 3. The van der Waals surface area contributed by atoms with Crippen LogP contribution in [0, 0.1) is 10.1 Å². The molecule has 5 rings (SSSR count). The van der Waals surface area contributed by atoms with Gasteiger partial charge in [0.15, 0.2) is 11.9 Å².